The molecule has 0 aliphatic heterocycles. The minimum absolute atomic E-state index is 0.230. The highest BCUT2D eigenvalue weighted by atomic mass is 79.9. The zero-order chi connectivity index (χ0) is 14.9. The van der Waals surface area contributed by atoms with Crippen LogP contribution in [0.3, 0.4) is 0 Å². The second-order valence-corrected chi connectivity index (χ2v) is 6.56. The Labute approximate surface area is 140 Å². The van der Waals surface area contributed by atoms with Gasteiger partial charge in [-0.25, -0.2) is 4.39 Å². The first-order valence-corrected chi connectivity index (χ1v) is 7.77. The van der Waals surface area contributed by atoms with Crippen LogP contribution in [-0.2, 0) is 0 Å². The lowest BCUT2D eigenvalue weighted by molar-refractivity contribution is 0.102. The predicted octanol–water partition coefficient (Wildman–Crippen LogP) is 4.95. The van der Waals surface area contributed by atoms with Crippen molar-refractivity contribution in [1.82, 2.24) is 0 Å². The van der Waals surface area contributed by atoms with Crippen LogP contribution in [0.5, 0.6) is 0 Å². The molecule has 0 saturated heterocycles. The third kappa shape index (κ3) is 3.39. The van der Waals surface area contributed by atoms with Gasteiger partial charge in [0.2, 0.25) is 0 Å². The SMILES string of the molecule is Nc1cc(Br)cc(Br)c1NC(=O)c1ccc(F)c(Br)c1. The highest BCUT2D eigenvalue weighted by molar-refractivity contribution is 9.11. The van der Waals surface area contributed by atoms with Gasteiger partial charge in [0.25, 0.3) is 5.91 Å². The van der Waals surface area contributed by atoms with Crippen molar-refractivity contribution in [2.75, 3.05) is 11.1 Å². The number of hydrogen-bond donors (Lipinski definition) is 2. The summed E-state index contributed by atoms with van der Waals surface area (Å²) in [4.78, 5) is 12.1. The summed E-state index contributed by atoms with van der Waals surface area (Å²) in [7, 11) is 0. The zero-order valence-corrected chi connectivity index (χ0v) is 14.6. The van der Waals surface area contributed by atoms with E-state index in [0.29, 0.717) is 21.4 Å². The molecule has 20 heavy (non-hydrogen) atoms. The van der Waals surface area contributed by atoms with Crippen molar-refractivity contribution in [2.45, 2.75) is 0 Å². The van der Waals surface area contributed by atoms with Crippen molar-refractivity contribution < 1.29 is 9.18 Å². The van der Waals surface area contributed by atoms with Crippen LogP contribution in [0, 0.1) is 5.82 Å². The average Bonchev–Trinajstić information content (AvgIpc) is 2.36. The van der Waals surface area contributed by atoms with Crippen LogP contribution in [0.15, 0.2) is 43.7 Å². The van der Waals surface area contributed by atoms with Gasteiger partial charge in [-0.3, -0.25) is 4.79 Å². The maximum atomic E-state index is 13.2. The van der Waals surface area contributed by atoms with Gasteiger partial charge in [0, 0.05) is 14.5 Å². The van der Waals surface area contributed by atoms with Crippen LogP contribution in [0.1, 0.15) is 10.4 Å². The van der Waals surface area contributed by atoms with Gasteiger partial charge in [-0.1, -0.05) is 15.9 Å². The molecule has 0 heterocycles. The molecule has 0 saturated carbocycles. The molecular weight excluding hydrogens is 459 g/mol. The van der Waals surface area contributed by atoms with Gasteiger partial charge in [0.15, 0.2) is 0 Å². The molecule has 3 N–H and O–H groups in total. The van der Waals surface area contributed by atoms with E-state index in [2.05, 4.69) is 53.1 Å². The number of carbonyl (C=O) groups excluding carboxylic acids is 1. The van der Waals surface area contributed by atoms with Crippen LogP contribution < -0.4 is 11.1 Å². The molecule has 0 spiro atoms. The molecule has 0 unspecified atom stereocenters. The number of carbonyl (C=O) groups is 1. The molecule has 2 aromatic rings. The third-order valence-electron chi connectivity index (χ3n) is 2.51. The smallest absolute Gasteiger partial charge is 0.255 e. The first-order valence-electron chi connectivity index (χ1n) is 5.39. The Balaban J connectivity index is 2.30. The lowest BCUT2D eigenvalue weighted by Gasteiger charge is -2.11. The fourth-order valence-electron chi connectivity index (χ4n) is 1.55. The highest BCUT2D eigenvalue weighted by Crippen LogP contribution is 2.33. The van der Waals surface area contributed by atoms with E-state index in [4.69, 9.17) is 5.73 Å². The predicted molar refractivity (Wildman–Crippen MR) is 88.3 cm³/mol. The van der Waals surface area contributed by atoms with Gasteiger partial charge < -0.3 is 11.1 Å². The summed E-state index contributed by atoms with van der Waals surface area (Å²) in [6.07, 6.45) is 0. The van der Waals surface area contributed by atoms with Gasteiger partial charge in [-0.2, -0.15) is 0 Å². The Morgan fingerprint density at radius 2 is 1.80 bits per heavy atom. The average molecular weight is 467 g/mol. The number of halogens is 4. The lowest BCUT2D eigenvalue weighted by Crippen LogP contribution is -2.14. The van der Waals surface area contributed by atoms with Crippen molar-refractivity contribution in [3.63, 3.8) is 0 Å². The minimum Gasteiger partial charge on any atom is -0.397 e. The Morgan fingerprint density at radius 1 is 1.10 bits per heavy atom. The lowest BCUT2D eigenvalue weighted by atomic mass is 10.2. The Kier molecular flexibility index (Phi) is 4.82. The summed E-state index contributed by atoms with van der Waals surface area (Å²) in [5.74, 6) is -0.800. The number of nitrogen functional groups attached to an aromatic ring is 1. The zero-order valence-electron chi connectivity index (χ0n) is 9.88. The molecular formula is C13H8Br3FN2O. The largest absolute Gasteiger partial charge is 0.397 e. The molecule has 7 heteroatoms. The number of anilines is 2. The summed E-state index contributed by atoms with van der Waals surface area (Å²) in [5.41, 5.74) is 7.07. The quantitative estimate of drug-likeness (QED) is 0.615. The molecule has 2 rings (SSSR count). The third-order valence-corrected chi connectivity index (χ3v) is 4.20. The molecule has 0 radical (unpaired) electrons. The number of nitrogens with two attached hydrogens (primary N) is 1. The summed E-state index contributed by atoms with van der Waals surface area (Å²) >= 11 is 9.68. The van der Waals surface area contributed by atoms with Crippen LogP contribution >= 0.6 is 47.8 Å². The highest BCUT2D eigenvalue weighted by Gasteiger charge is 2.13. The molecule has 0 aliphatic rings. The van der Waals surface area contributed by atoms with Crippen LogP contribution in [-0.4, -0.2) is 5.91 Å². The van der Waals surface area contributed by atoms with Crippen molar-refractivity contribution in [1.29, 1.82) is 0 Å². The van der Waals surface area contributed by atoms with E-state index in [1.165, 1.54) is 18.2 Å². The Bertz CT molecular complexity index is 668. The first kappa shape index (κ1) is 15.5. The van der Waals surface area contributed by atoms with Gasteiger partial charge in [-0.15, -0.1) is 0 Å². The van der Waals surface area contributed by atoms with Crippen molar-refractivity contribution in [2.24, 2.45) is 0 Å². The maximum Gasteiger partial charge on any atom is 0.255 e. The van der Waals surface area contributed by atoms with Crippen LogP contribution in [0.4, 0.5) is 15.8 Å². The number of amides is 1. The Hall–Kier alpha value is -0.920. The van der Waals surface area contributed by atoms with Crippen molar-refractivity contribution in [3.05, 3.63) is 55.1 Å². The molecule has 1 amide bonds. The second-order valence-electron chi connectivity index (χ2n) is 3.93. The summed E-state index contributed by atoms with van der Waals surface area (Å²) in [6.45, 7) is 0. The first-order chi connectivity index (χ1) is 9.38. The number of nitrogens with one attached hydrogen (secondary N) is 1. The van der Waals surface area contributed by atoms with E-state index in [-0.39, 0.29) is 10.4 Å². The number of rotatable bonds is 2. The normalized spacial score (nSPS) is 10.4. The fraction of sp³-hybridized carbons (Fsp3) is 0. The van der Waals surface area contributed by atoms with Crippen LogP contribution in [0.2, 0.25) is 0 Å². The van der Waals surface area contributed by atoms with E-state index >= 15 is 0 Å². The summed E-state index contributed by atoms with van der Waals surface area (Å²) in [6, 6.07) is 7.48. The monoisotopic (exact) mass is 464 g/mol. The molecule has 0 aromatic heterocycles. The van der Waals surface area contributed by atoms with E-state index in [9.17, 15) is 9.18 Å². The fourth-order valence-corrected chi connectivity index (χ4v) is 3.28. The molecule has 0 fully saturated rings. The van der Waals surface area contributed by atoms with Crippen molar-refractivity contribution >= 4 is 65.1 Å². The molecule has 2 aromatic carbocycles. The molecule has 0 aliphatic carbocycles. The minimum atomic E-state index is -0.425. The van der Waals surface area contributed by atoms with E-state index in [0.717, 1.165) is 4.47 Å². The van der Waals surface area contributed by atoms with Crippen LogP contribution in [0.25, 0.3) is 0 Å². The van der Waals surface area contributed by atoms with Gasteiger partial charge >= 0.3 is 0 Å². The standard InChI is InChI=1S/C13H8Br3FN2O/c14-7-4-9(16)12(11(18)5-7)19-13(20)6-1-2-10(17)8(15)3-6/h1-5H,18H2,(H,19,20). The van der Waals surface area contributed by atoms with E-state index in [1.54, 1.807) is 12.1 Å². The topological polar surface area (TPSA) is 55.1 Å². The van der Waals surface area contributed by atoms with Gasteiger partial charge in [0.1, 0.15) is 5.82 Å². The molecule has 0 atom stereocenters. The molecule has 0 bridgehead atoms. The van der Waals surface area contributed by atoms with Crippen molar-refractivity contribution in [3.8, 4) is 0 Å². The van der Waals surface area contributed by atoms with Gasteiger partial charge in [0.05, 0.1) is 15.8 Å². The molecule has 3 nitrogen and oxygen atoms in total. The number of hydrogen-bond acceptors (Lipinski definition) is 2. The summed E-state index contributed by atoms with van der Waals surface area (Å²) in [5, 5.41) is 2.69. The summed E-state index contributed by atoms with van der Waals surface area (Å²) < 4.78 is 14.8. The maximum absolute atomic E-state index is 13.2. The van der Waals surface area contributed by atoms with Gasteiger partial charge in [-0.05, 0) is 62.2 Å². The molecule has 104 valence electrons. The second kappa shape index (κ2) is 6.24. The van der Waals surface area contributed by atoms with E-state index in [1.807, 2.05) is 0 Å². The number of benzene rings is 2. The Morgan fingerprint density at radius 3 is 2.40 bits per heavy atom. The van der Waals surface area contributed by atoms with E-state index < -0.39 is 5.82 Å².